The van der Waals surface area contributed by atoms with Gasteiger partial charge in [0.2, 0.25) is 0 Å². The van der Waals surface area contributed by atoms with Crippen molar-refractivity contribution in [3.05, 3.63) is 11.5 Å². The minimum absolute atomic E-state index is 0.184. The largest absolute Gasteiger partial charge is 0.527 e. The zero-order valence-corrected chi connectivity index (χ0v) is 11.2. The summed E-state index contributed by atoms with van der Waals surface area (Å²) in [6.45, 7) is -0.754. The van der Waals surface area contributed by atoms with Gasteiger partial charge in [0.15, 0.2) is 11.9 Å². The van der Waals surface area contributed by atoms with Gasteiger partial charge >= 0.3 is 13.8 Å². The highest BCUT2D eigenvalue weighted by molar-refractivity contribution is 7.47. The highest BCUT2D eigenvalue weighted by Gasteiger charge is 2.43. The van der Waals surface area contributed by atoms with Crippen LogP contribution in [0.5, 0.6) is 0 Å². The van der Waals surface area contributed by atoms with Crippen molar-refractivity contribution < 1.29 is 43.4 Å². The van der Waals surface area contributed by atoms with Gasteiger partial charge < -0.3 is 30.3 Å². The van der Waals surface area contributed by atoms with Crippen molar-refractivity contribution in [3.8, 4) is 0 Å². The van der Waals surface area contributed by atoms with E-state index in [4.69, 9.17) is 10.8 Å². The fraction of sp³-hybridized carbons (Fsp3) is 0.667. The molecule has 1 aliphatic heterocycles. The molecule has 0 amide bonds. The van der Waals surface area contributed by atoms with E-state index in [-0.39, 0.29) is 19.6 Å². The lowest BCUT2D eigenvalue weighted by atomic mass is 10.2. The van der Waals surface area contributed by atoms with E-state index >= 15 is 0 Å². The molecule has 0 fully saturated rings. The van der Waals surface area contributed by atoms with Gasteiger partial charge in [0, 0.05) is 0 Å². The first-order chi connectivity index (χ1) is 9.32. The zero-order valence-electron chi connectivity index (χ0n) is 10.3. The van der Waals surface area contributed by atoms with Gasteiger partial charge in [-0.3, -0.25) is 9.42 Å². The van der Waals surface area contributed by atoms with Crippen LogP contribution in [-0.2, 0) is 23.1 Å². The number of aliphatic hydroxyl groups is 3. The molecule has 6 N–H and O–H groups in total. The second-order valence-electron chi connectivity index (χ2n) is 3.83. The molecule has 0 aromatic rings. The zero-order chi connectivity index (χ0) is 15.3. The second-order valence-corrected chi connectivity index (χ2v) is 5.20. The SMILES string of the molecule is NCCCOP(=O)(O)OC1=C(O)C([C@@H](O)CO)OC1=O. The topological polar surface area (TPSA) is 169 Å². The summed E-state index contributed by atoms with van der Waals surface area (Å²) in [7, 11) is -4.63. The standard InChI is InChI=1S/C9H16NO9P/c10-2-1-3-17-20(15,16)19-8-6(13)7(5(12)4-11)18-9(8)14/h5,7,11-13H,1-4,10H2,(H,15,16)/t5-,7?/m0/s1. The van der Waals surface area contributed by atoms with Crippen molar-refractivity contribution in [3.63, 3.8) is 0 Å². The molecule has 11 heteroatoms. The molecule has 0 radical (unpaired) electrons. The number of rotatable bonds is 8. The van der Waals surface area contributed by atoms with Crippen molar-refractivity contribution in [1.82, 2.24) is 0 Å². The van der Waals surface area contributed by atoms with Crippen molar-refractivity contribution in [2.45, 2.75) is 18.6 Å². The number of cyclic esters (lactones) is 1. The highest BCUT2D eigenvalue weighted by Crippen LogP contribution is 2.47. The lowest BCUT2D eigenvalue weighted by Crippen LogP contribution is -2.31. The molecule has 3 atom stereocenters. The molecule has 1 heterocycles. The number of phosphoric acid groups is 1. The van der Waals surface area contributed by atoms with Crippen molar-refractivity contribution in [2.75, 3.05) is 19.8 Å². The van der Waals surface area contributed by atoms with Gasteiger partial charge in [-0.2, -0.15) is 0 Å². The highest BCUT2D eigenvalue weighted by atomic mass is 31.2. The van der Waals surface area contributed by atoms with Gasteiger partial charge in [0.05, 0.1) is 13.2 Å². The lowest BCUT2D eigenvalue weighted by molar-refractivity contribution is -0.147. The summed E-state index contributed by atoms with van der Waals surface area (Å²) in [5.74, 6) is -3.09. The molecule has 116 valence electrons. The van der Waals surface area contributed by atoms with E-state index in [1.54, 1.807) is 0 Å². The first-order valence-corrected chi connectivity index (χ1v) is 7.12. The number of carbonyl (C=O) groups is 1. The Morgan fingerprint density at radius 3 is 2.70 bits per heavy atom. The van der Waals surface area contributed by atoms with Crippen LogP contribution in [0.15, 0.2) is 11.5 Å². The summed E-state index contributed by atoms with van der Waals surface area (Å²) in [5, 5.41) is 27.6. The quantitative estimate of drug-likeness (QED) is 0.202. The lowest BCUT2D eigenvalue weighted by Gasteiger charge is -2.14. The van der Waals surface area contributed by atoms with Gasteiger partial charge in [-0.05, 0) is 13.0 Å². The normalized spacial score (nSPS) is 23.4. The molecule has 2 unspecified atom stereocenters. The fourth-order valence-electron chi connectivity index (χ4n) is 1.30. The summed E-state index contributed by atoms with van der Waals surface area (Å²) < 4.78 is 24.9. The number of ether oxygens (including phenoxy) is 1. The molecular weight excluding hydrogens is 297 g/mol. The Kier molecular flexibility index (Phi) is 5.93. The molecule has 20 heavy (non-hydrogen) atoms. The Morgan fingerprint density at radius 2 is 2.15 bits per heavy atom. The van der Waals surface area contributed by atoms with Gasteiger partial charge in [-0.25, -0.2) is 9.36 Å². The van der Waals surface area contributed by atoms with E-state index in [1.807, 2.05) is 0 Å². The summed E-state index contributed by atoms with van der Waals surface area (Å²) in [5.41, 5.74) is 5.17. The molecule has 0 aromatic carbocycles. The van der Waals surface area contributed by atoms with E-state index in [9.17, 15) is 24.5 Å². The third-order valence-corrected chi connectivity index (χ3v) is 3.19. The Balaban J connectivity index is 2.76. The van der Waals surface area contributed by atoms with Crippen LogP contribution in [0, 0.1) is 0 Å². The smallest absolute Gasteiger partial charge is 0.505 e. The summed E-state index contributed by atoms with van der Waals surface area (Å²) in [4.78, 5) is 20.7. The third-order valence-electron chi connectivity index (χ3n) is 2.27. The minimum atomic E-state index is -4.63. The maximum Gasteiger partial charge on any atom is 0.527 e. The van der Waals surface area contributed by atoms with Crippen molar-refractivity contribution in [1.29, 1.82) is 0 Å². The van der Waals surface area contributed by atoms with Crippen LogP contribution in [0.2, 0.25) is 0 Å². The van der Waals surface area contributed by atoms with Crippen LogP contribution in [0.1, 0.15) is 6.42 Å². The van der Waals surface area contributed by atoms with Gasteiger partial charge in [-0.15, -0.1) is 0 Å². The molecule has 10 nitrogen and oxygen atoms in total. The van der Waals surface area contributed by atoms with Crippen molar-refractivity contribution in [2.24, 2.45) is 5.73 Å². The van der Waals surface area contributed by atoms with E-state index < -0.39 is 44.1 Å². The van der Waals surface area contributed by atoms with Gasteiger partial charge in [0.25, 0.3) is 5.76 Å². The van der Waals surface area contributed by atoms with E-state index in [1.165, 1.54) is 0 Å². The van der Waals surface area contributed by atoms with Crippen LogP contribution in [0.25, 0.3) is 0 Å². The van der Waals surface area contributed by atoms with Crippen LogP contribution in [0.3, 0.4) is 0 Å². The molecular formula is C9H16NO9P. The molecule has 0 saturated carbocycles. The summed E-state index contributed by atoms with van der Waals surface area (Å²) >= 11 is 0. The van der Waals surface area contributed by atoms with Crippen LogP contribution < -0.4 is 5.73 Å². The molecule has 0 aromatic heterocycles. The number of hydrogen-bond acceptors (Lipinski definition) is 9. The van der Waals surface area contributed by atoms with E-state index in [0.717, 1.165) is 0 Å². The Bertz CT molecular complexity index is 437. The first kappa shape index (κ1) is 16.9. The van der Waals surface area contributed by atoms with Crippen LogP contribution in [0.4, 0.5) is 0 Å². The number of esters is 1. The number of aliphatic hydroxyl groups excluding tert-OH is 3. The predicted octanol–water partition coefficient (Wildman–Crippen LogP) is -1.48. The molecule has 0 aliphatic carbocycles. The Labute approximate surface area is 114 Å². The first-order valence-electron chi connectivity index (χ1n) is 5.62. The average Bonchev–Trinajstić information content (AvgIpc) is 2.65. The van der Waals surface area contributed by atoms with Gasteiger partial charge in [0.1, 0.15) is 6.10 Å². The summed E-state index contributed by atoms with van der Waals surface area (Å²) in [6.07, 6.45) is -2.86. The number of hydrogen-bond donors (Lipinski definition) is 5. The van der Waals surface area contributed by atoms with Gasteiger partial charge in [-0.1, -0.05) is 0 Å². The monoisotopic (exact) mass is 313 g/mol. The predicted molar refractivity (Wildman–Crippen MR) is 63.2 cm³/mol. The minimum Gasteiger partial charge on any atom is -0.505 e. The van der Waals surface area contributed by atoms with E-state index in [0.29, 0.717) is 0 Å². The van der Waals surface area contributed by atoms with Crippen LogP contribution >= 0.6 is 7.82 Å². The maximum absolute atomic E-state index is 11.5. The maximum atomic E-state index is 11.5. The molecule has 0 saturated heterocycles. The summed E-state index contributed by atoms with van der Waals surface area (Å²) in [6, 6.07) is 0. The average molecular weight is 313 g/mol. The number of carbonyl (C=O) groups excluding carboxylic acids is 1. The Morgan fingerprint density at radius 1 is 1.50 bits per heavy atom. The fourth-order valence-corrected chi connectivity index (χ4v) is 2.12. The van der Waals surface area contributed by atoms with Crippen LogP contribution in [-0.4, -0.2) is 58.1 Å². The molecule has 1 rings (SSSR count). The number of nitrogens with two attached hydrogens (primary N) is 1. The molecule has 1 aliphatic rings. The third kappa shape index (κ3) is 4.17. The number of phosphoric ester groups is 1. The molecule has 0 spiro atoms. The molecule has 0 bridgehead atoms. The second kappa shape index (κ2) is 7.02. The van der Waals surface area contributed by atoms with E-state index in [2.05, 4.69) is 13.8 Å². The van der Waals surface area contributed by atoms with Crippen molar-refractivity contribution >= 4 is 13.8 Å². The Hall–Kier alpha value is -1.16.